The zero-order valence-corrected chi connectivity index (χ0v) is 10.6. The molecular formula is C13H17N3O. The van der Waals surface area contributed by atoms with Crippen molar-refractivity contribution in [1.82, 2.24) is 14.3 Å². The average Bonchev–Trinajstić information content (AvgIpc) is 2.62. The SMILES string of the molecule is Cc1nc2ccccn2c1C(=O)N(C)C(C)C. The van der Waals surface area contributed by atoms with E-state index in [1.165, 1.54) is 0 Å². The summed E-state index contributed by atoms with van der Waals surface area (Å²) in [5.41, 5.74) is 2.23. The number of nitrogens with zero attached hydrogens (tertiary/aromatic N) is 3. The maximum Gasteiger partial charge on any atom is 0.272 e. The van der Waals surface area contributed by atoms with Crippen molar-refractivity contribution in [2.75, 3.05) is 7.05 Å². The second-order valence-corrected chi connectivity index (χ2v) is 4.48. The van der Waals surface area contributed by atoms with Crippen molar-refractivity contribution in [2.45, 2.75) is 26.8 Å². The number of fused-ring (bicyclic) bond motifs is 1. The number of hydrogen-bond donors (Lipinski definition) is 0. The third-order valence-electron chi connectivity index (χ3n) is 3.00. The number of pyridine rings is 1. The smallest absolute Gasteiger partial charge is 0.272 e. The van der Waals surface area contributed by atoms with Crippen LogP contribution in [0.1, 0.15) is 30.0 Å². The highest BCUT2D eigenvalue weighted by Gasteiger charge is 2.21. The van der Waals surface area contributed by atoms with Crippen molar-refractivity contribution in [2.24, 2.45) is 0 Å². The third kappa shape index (κ3) is 1.90. The molecule has 0 saturated carbocycles. The van der Waals surface area contributed by atoms with Crippen molar-refractivity contribution >= 4 is 11.6 Å². The summed E-state index contributed by atoms with van der Waals surface area (Å²) in [6, 6.07) is 5.90. The summed E-state index contributed by atoms with van der Waals surface area (Å²) >= 11 is 0. The molecule has 0 aliphatic rings. The Hall–Kier alpha value is -1.84. The molecule has 0 fully saturated rings. The van der Waals surface area contributed by atoms with Gasteiger partial charge in [-0.1, -0.05) is 6.07 Å². The van der Waals surface area contributed by atoms with E-state index in [2.05, 4.69) is 4.98 Å². The fourth-order valence-electron chi connectivity index (χ4n) is 1.77. The van der Waals surface area contributed by atoms with E-state index in [0.717, 1.165) is 11.3 Å². The molecule has 0 bridgehead atoms. The first-order valence-electron chi connectivity index (χ1n) is 5.73. The van der Waals surface area contributed by atoms with Crippen molar-refractivity contribution in [3.63, 3.8) is 0 Å². The van der Waals surface area contributed by atoms with Crippen LogP contribution < -0.4 is 0 Å². The molecule has 4 heteroatoms. The number of imidazole rings is 1. The fourth-order valence-corrected chi connectivity index (χ4v) is 1.77. The van der Waals surface area contributed by atoms with Crippen LogP contribution >= 0.6 is 0 Å². The normalized spacial score (nSPS) is 11.1. The molecule has 0 radical (unpaired) electrons. The molecule has 4 nitrogen and oxygen atoms in total. The number of rotatable bonds is 2. The lowest BCUT2D eigenvalue weighted by Crippen LogP contribution is -2.34. The maximum atomic E-state index is 12.3. The molecule has 0 atom stereocenters. The van der Waals surface area contributed by atoms with Gasteiger partial charge in [0, 0.05) is 19.3 Å². The first-order valence-corrected chi connectivity index (χ1v) is 5.73. The highest BCUT2D eigenvalue weighted by atomic mass is 16.2. The molecule has 0 aliphatic carbocycles. The Morgan fingerprint density at radius 2 is 2.12 bits per heavy atom. The van der Waals surface area contributed by atoms with Gasteiger partial charge in [0.05, 0.1) is 5.69 Å². The standard InChI is InChI=1S/C13H17N3O/c1-9(2)15(4)13(17)12-10(3)14-11-7-5-6-8-16(11)12/h5-9H,1-4H3. The highest BCUT2D eigenvalue weighted by molar-refractivity contribution is 5.94. The number of carbonyl (C=O) groups excluding carboxylic acids is 1. The van der Waals surface area contributed by atoms with Crippen LogP contribution in [0.4, 0.5) is 0 Å². The molecule has 0 N–H and O–H groups in total. The monoisotopic (exact) mass is 231 g/mol. The number of aryl methyl sites for hydroxylation is 1. The molecule has 2 heterocycles. The lowest BCUT2D eigenvalue weighted by molar-refractivity contribution is 0.0747. The van der Waals surface area contributed by atoms with Crippen molar-refractivity contribution < 1.29 is 4.79 Å². The van der Waals surface area contributed by atoms with Gasteiger partial charge in [0.25, 0.3) is 5.91 Å². The van der Waals surface area contributed by atoms with E-state index >= 15 is 0 Å². The highest BCUT2D eigenvalue weighted by Crippen LogP contribution is 2.14. The predicted molar refractivity (Wildman–Crippen MR) is 67.2 cm³/mol. The Labute approximate surface area is 101 Å². The molecule has 0 spiro atoms. The first kappa shape index (κ1) is 11.6. The number of amides is 1. The zero-order chi connectivity index (χ0) is 12.6. The van der Waals surface area contributed by atoms with Crippen molar-refractivity contribution in [3.8, 4) is 0 Å². The van der Waals surface area contributed by atoms with Gasteiger partial charge in [-0.3, -0.25) is 9.20 Å². The molecular weight excluding hydrogens is 214 g/mol. The summed E-state index contributed by atoms with van der Waals surface area (Å²) in [6.07, 6.45) is 1.87. The van der Waals surface area contributed by atoms with E-state index in [1.54, 1.807) is 4.90 Å². The lowest BCUT2D eigenvalue weighted by Gasteiger charge is -2.21. The molecule has 0 unspecified atom stereocenters. The second-order valence-electron chi connectivity index (χ2n) is 4.48. The van der Waals surface area contributed by atoms with Gasteiger partial charge >= 0.3 is 0 Å². The Morgan fingerprint density at radius 1 is 1.41 bits per heavy atom. The van der Waals surface area contributed by atoms with Crippen molar-refractivity contribution in [1.29, 1.82) is 0 Å². The van der Waals surface area contributed by atoms with Gasteiger partial charge in [-0.05, 0) is 32.9 Å². The van der Waals surface area contributed by atoms with Crippen LogP contribution in [0.15, 0.2) is 24.4 Å². The topological polar surface area (TPSA) is 37.6 Å². The minimum absolute atomic E-state index is 0.0104. The van der Waals surface area contributed by atoms with Gasteiger partial charge < -0.3 is 4.90 Å². The summed E-state index contributed by atoms with van der Waals surface area (Å²) in [6.45, 7) is 5.86. The van der Waals surface area contributed by atoms with Crippen LogP contribution in [0, 0.1) is 6.92 Å². The van der Waals surface area contributed by atoms with Crippen molar-refractivity contribution in [3.05, 3.63) is 35.8 Å². The van der Waals surface area contributed by atoms with Crippen LogP contribution in [0.5, 0.6) is 0 Å². The molecule has 2 rings (SSSR count). The fraction of sp³-hybridized carbons (Fsp3) is 0.385. The number of aromatic nitrogens is 2. The summed E-state index contributed by atoms with van der Waals surface area (Å²) < 4.78 is 1.84. The van der Waals surface area contributed by atoms with E-state index in [9.17, 15) is 4.79 Å². The van der Waals surface area contributed by atoms with Gasteiger partial charge in [0.2, 0.25) is 0 Å². The second kappa shape index (κ2) is 4.20. The minimum atomic E-state index is 0.0104. The van der Waals surface area contributed by atoms with Gasteiger partial charge in [-0.15, -0.1) is 0 Å². The summed E-state index contributed by atoms with van der Waals surface area (Å²) in [5.74, 6) is 0.0104. The molecule has 90 valence electrons. The van der Waals surface area contributed by atoms with Crippen LogP contribution in [0.2, 0.25) is 0 Å². The maximum absolute atomic E-state index is 12.3. The van der Waals surface area contributed by atoms with E-state index in [-0.39, 0.29) is 11.9 Å². The Bertz CT molecular complexity index is 557. The van der Waals surface area contributed by atoms with Gasteiger partial charge in [-0.2, -0.15) is 0 Å². The van der Waals surface area contributed by atoms with E-state index in [0.29, 0.717) is 5.69 Å². The zero-order valence-electron chi connectivity index (χ0n) is 10.6. The van der Waals surface area contributed by atoms with Crippen LogP contribution in [0.3, 0.4) is 0 Å². The molecule has 1 amide bonds. The Morgan fingerprint density at radius 3 is 2.76 bits per heavy atom. The molecule has 2 aromatic heterocycles. The minimum Gasteiger partial charge on any atom is -0.338 e. The number of carbonyl (C=O) groups is 1. The van der Waals surface area contributed by atoms with Gasteiger partial charge in [0.1, 0.15) is 11.3 Å². The van der Waals surface area contributed by atoms with Crippen LogP contribution in [-0.4, -0.2) is 33.3 Å². The average molecular weight is 231 g/mol. The van der Waals surface area contributed by atoms with Gasteiger partial charge in [0.15, 0.2) is 0 Å². The van der Waals surface area contributed by atoms with Crippen LogP contribution in [-0.2, 0) is 0 Å². The largest absolute Gasteiger partial charge is 0.338 e. The molecule has 0 saturated heterocycles. The first-order chi connectivity index (χ1) is 8.02. The van der Waals surface area contributed by atoms with Crippen LogP contribution in [0.25, 0.3) is 5.65 Å². The van der Waals surface area contributed by atoms with E-state index in [4.69, 9.17) is 0 Å². The summed E-state index contributed by atoms with van der Waals surface area (Å²) in [4.78, 5) is 18.5. The molecule has 0 aromatic carbocycles. The van der Waals surface area contributed by atoms with E-state index in [1.807, 2.05) is 56.6 Å². The number of hydrogen-bond acceptors (Lipinski definition) is 2. The van der Waals surface area contributed by atoms with Gasteiger partial charge in [-0.25, -0.2) is 4.98 Å². The molecule has 0 aliphatic heterocycles. The summed E-state index contributed by atoms with van der Waals surface area (Å²) in [5, 5.41) is 0. The quantitative estimate of drug-likeness (QED) is 0.794. The molecule has 17 heavy (non-hydrogen) atoms. The molecule has 2 aromatic rings. The Balaban J connectivity index is 2.55. The van der Waals surface area contributed by atoms with E-state index < -0.39 is 0 Å². The Kier molecular flexibility index (Phi) is 2.88. The third-order valence-corrected chi connectivity index (χ3v) is 3.00. The predicted octanol–water partition coefficient (Wildman–Crippen LogP) is 2.12. The lowest BCUT2D eigenvalue weighted by atomic mass is 10.2. The summed E-state index contributed by atoms with van der Waals surface area (Å²) in [7, 11) is 1.81.